The van der Waals surface area contributed by atoms with Crippen LogP contribution in [0.15, 0.2) is 5.38 Å². The van der Waals surface area contributed by atoms with Crippen LogP contribution in [0, 0.1) is 19.8 Å². The minimum absolute atomic E-state index is 0.971. The molecular formula is C14H18S2. The van der Waals surface area contributed by atoms with Crippen molar-refractivity contribution >= 4 is 32.1 Å². The summed E-state index contributed by atoms with van der Waals surface area (Å²) in [5.74, 6) is 0.971. The third kappa shape index (κ3) is 1.72. The quantitative estimate of drug-likeness (QED) is 0.677. The molecule has 0 aliphatic heterocycles. The minimum Gasteiger partial charge on any atom is -0.142 e. The van der Waals surface area contributed by atoms with Gasteiger partial charge in [0.1, 0.15) is 0 Å². The molecule has 1 fully saturated rings. The molecule has 0 unspecified atom stereocenters. The van der Waals surface area contributed by atoms with Gasteiger partial charge in [0.2, 0.25) is 0 Å². The molecule has 0 N–H and O–H groups in total. The summed E-state index contributed by atoms with van der Waals surface area (Å²) in [5, 5.41) is 2.32. The second-order valence-electron chi connectivity index (χ2n) is 5.07. The van der Waals surface area contributed by atoms with Crippen LogP contribution in [0.3, 0.4) is 0 Å². The molecule has 2 aromatic rings. The van der Waals surface area contributed by atoms with Gasteiger partial charge in [0.05, 0.1) is 0 Å². The highest BCUT2D eigenvalue weighted by Gasteiger charge is 2.20. The summed E-state index contributed by atoms with van der Waals surface area (Å²) in [6.45, 7) is 4.55. The molecule has 0 nitrogen and oxygen atoms in total. The molecule has 0 saturated heterocycles. The number of thiophene rings is 2. The first-order chi connectivity index (χ1) is 7.75. The van der Waals surface area contributed by atoms with Gasteiger partial charge in [0.15, 0.2) is 0 Å². The van der Waals surface area contributed by atoms with Crippen molar-refractivity contribution < 1.29 is 0 Å². The fraction of sp³-hybridized carbons (Fsp3) is 0.571. The lowest BCUT2D eigenvalue weighted by Gasteiger charge is -2.08. The summed E-state index contributed by atoms with van der Waals surface area (Å²) in [6, 6.07) is 0. The summed E-state index contributed by atoms with van der Waals surface area (Å²) in [6.07, 6.45) is 7.18. The zero-order valence-corrected chi connectivity index (χ0v) is 11.6. The van der Waals surface area contributed by atoms with Gasteiger partial charge in [-0.2, -0.15) is 0 Å². The number of aryl methyl sites for hydroxylation is 2. The predicted molar refractivity (Wildman–Crippen MR) is 74.8 cm³/mol. The van der Waals surface area contributed by atoms with Crippen molar-refractivity contribution in [3.05, 3.63) is 21.4 Å². The maximum atomic E-state index is 2.32. The van der Waals surface area contributed by atoms with Gasteiger partial charge in [-0.25, -0.2) is 0 Å². The van der Waals surface area contributed by atoms with Gasteiger partial charge in [-0.3, -0.25) is 0 Å². The molecule has 86 valence electrons. The molecule has 0 spiro atoms. The van der Waals surface area contributed by atoms with E-state index in [0.29, 0.717) is 0 Å². The van der Waals surface area contributed by atoms with Crippen LogP contribution < -0.4 is 0 Å². The second kappa shape index (κ2) is 4.15. The molecular weight excluding hydrogens is 232 g/mol. The molecule has 0 aromatic carbocycles. The SMILES string of the molecule is Cc1sc2c(C)csc2c1CC1CCCC1. The molecule has 1 aliphatic rings. The molecule has 2 aromatic heterocycles. The van der Waals surface area contributed by atoms with E-state index in [-0.39, 0.29) is 0 Å². The monoisotopic (exact) mass is 250 g/mol. The average Bonchev–Trinajstić information content (AvgIpc) is 2.92. The van der Waals surface area contributed by atoms with Crippen molar-refractivity contribution in [3.63, 3.8) is 0 Å². The van der Waals surface area contributed by atoms with Crippen LogP contribution in [-0.2, 0) is 6.42 Å². The number of rotatable bonds is 2. The van der Waals surface area contributed by atoms with Crippen LogP contribution >= 0.6 is 22.7 Å². The lowest BCUT2D eigenvalue weighted by molar-refractivity contribution is 0.548. The Balaban J connectivity index is 1.98. The Kier molecular flexibility index (Phi) is 2.80. The summed E-state index contributed by atoms with van der Waals surface area (Å²) in [4.78, 5) is 1.57. The summed E-state index contributed by atoms with van der Waals surface area (Å²) >= 11 is 3.96. The average molecular weight is 250 g/mol. The van der Waals surface area contributed by atoms with E-state index in [1.165, 1.54) is 37.7 Å². The number of hydrogen-bond acceptors (Lipinski definition) is 2. The minimum atomic E-state index is 0.971. The maximum Gasteiger partial charge on any atom is 0.0488 e. The van der Waals surface area contributed by atoms with E-state index < -0.39 is 0 Å². The zero-order chi connectivity index (χ0) is 11.1. The Labute approximate surface area is 105 Å². The molecule has 2 heterocycles. The van der Waals surface area contributed by atoms with Crippen molar-refractivity contribution in [2.24, 2.45) is 5.92 Å². The van der Waals surface area contributed by atoms with E-state index in [9.17, 15) is 0 Å². The first-order valence-electron chi connectivity index (χ1n) is 6.22. The highest BCUT2D eigenvalue weighted by molar-refractivity contribution is 7.27. The maximum absolute atomic E-state index is 2.32. The second-order valence-corrected chi connectivity index (χ2v) is 7.17. The van der Waals surface area contributed by atoms with Crippen LogP contribution in [0.4, 0.5) is 0 Å². The van der Waals surface area contributed by atoms with Gasteiger partial charge in [0.25, 0.3) is 0 Å². The van der Waals surface area contributed by atoms with Gasteiger partial charge in [-0.1, -0.05) is 25.7 Å². The molecule has 16 heavy (non-hydrogen) atoms. The summed E-state index contributed by atoms with van der Waals surface area (Å²) in [7, 11) is 0. The molecule has 1 aliphatic carbocycles. The van der Waals surface area contributed by atoms with Gasteiger partial charge in [-0.15, -0.1) is 22.7 Å². The lowest BCUT2D eigenvalue weighted by Crippen LogP contribution is -1.98. The Hall–Kier alpha value is -0.340. The number of hydrogen-bond donors (Lipinski definition) is 0. The lowest BCUT2D eigenvalue weighted by atomic mass is 9.98. The molecule has 2 heteroatoms. The van der Waals surface area contributed by atoms with Crippen molar-refractivity contribution in [2.75, 3.05) is 0 Å². The molecule has 0 bridgehead atoms. The molecule has 1 saturated carbocycles. The first-order valence-corrected chi connectivity index (χ1v) is 7.91. The first kappa shape index (κ1) is 10.8. The Morgan fingerprint density at radius 2 is 1.94 bits per heavy atom. The van der Waals surface area contributed by atoms with Crippen molar-refractivity contribution in [1.29, 1.82) is 0 Å². The summed E-state index contributed by atoms with van der Waals surface area (Å²) < 4.78 is 3.14. The fourth-order valence-corrected chi connectivity index (χ4v) is 5.40. The predicted octanol–water partition coefficient (Wildman–Crippen LogP) is 5.31. The van der Waals surface area contributed by atoms with E-state index in [2.05, 4.69) is 19.2 Å². The summed E-state index contributed by atoms with van der Waals surface area (Å²) in [5.41, 5.74) is 3.15. The topological polar surface area (TPSA) is 0 Å². The highest BCUT2D eigenvalue weighted by atomic mass is 32.1. The molecule has 0 atom stereocenters. The fourth-order valence-electron chi connectivity index (χ4n) is 2.88. The van der Waals surface area contributed by atoms with E-state index in [1.54, 1.807) is 19.8 Å². The highest BCUT2D eigenvalue weighted by Crippen LogP contribution is 2.40. The standard InChI is InChI=1S/C14H18S2/c1-9-8-15-14-12(10(2)16-13(9)14)7-11-5-3-4-6-11/h8,11H,3-7H2,1-2H3. The van der Waals surface area contributed by atoms with Crippen LogP contribution in [-0.4, -0.2) is 0 Å². The zero-order valence-electron chi connectivity index (χ0n) is 10.0. The van der Waals surface area contributed by atoms with E-state index in [0.717, 1.165) is 5.92 Å². The molecule has 0 amide bonds. The van der Waals surface area contributed by atoms with Gasteiger partial charge >= 0.3 is 0 Å². The molecule has 0 radical (unpaired) electrons. The van der Waals surface area contributed by atoms with Gasteiger partial charge < -0.3 is 0 Å². The normalized spacial score (nSPS) is 17.6. The van der Waals surface area contributed by atoms with Gasteiger partial charge in [0, 0.05) is 14.3 Å². The van der Waals surface area contributed by atoms with Gasteiger partial charge in [-0.05, 0) is 42.7 Å². The Morgan fingerprint density at radius 3 is 2.69 bits per heavy atom. The van der Waals surface area contributed by atoms with Crippen molar-refractivity contribution in [2.45, 2.75) is 46.0 Å². The van der Waals surface area contributed by atoms with E-state index >= 15 is 0 Å². The third-order valence-corrected chi connectivity index (χ3v) is 6.41. The van der Waals surface area contributed by atoms with E-state index in [1.807, 2.05) is 22.7 Å². The van der Waals surface area contributed by atoms with Crippen LogP contribution in [0.5, 0.6) is 0 Å². The van der Waals surface area contributed by atoms with E-state index in [4.69, 9.17) is 0 Å². The van der Waals surface area contributed by atoms with Crippen molar-refractivity contribution in [3.8, 4) is 0 Å². The van der Waals surface area contributed by atoms with Crippen LogP contribution in [0.1, 0.15) is 41.7 Å². The third-order valence-electron chi connectivity index (χ3n) is 3.84. The van der Waals surface area contributed by atoms with Crippen LogP contribution in [0.2, 0.25) is 0 Å². The largest absolute Gasteiger partial charge is 0.142 e. The number of fused-ring (bicyclic) bond motifs is 1. The Bertz CT molecular complexity index is 498. The molecule has 3 rings (SSSR count). The smallest absolute Gasteiger partial charge is 0.0488 e. The van der Waals surface area contributed by atoms with Crippen molar-refractivity contribution in [1.82, 2.24) is 0 Å². The Morgan fingerprint density at radius 1 is 1.19 bits per heavy atom. The van der Waals surface area contributed by atoms with Crippen LogP contribution in [0.25, 0.3) is 9.40 Å².